The Hall–Kier alpha value is -0.470. The second-order valence-corrected chi connectivity index (χ2v) is 6.49. The summed E-state index contributed by atoms with van der Waals surface area (Å²) >= 11 is 2.03. The van der Waals surface area contributed by atoms with Crippen LogP contribution in [0.3, 0.4) is 0 Å². The van der Waals surface area contributed by atoms with Gasteiger partial charge in [0.25, 0.3) is 0 Å². The van der Waals surface area contributed by atoms with Crippen LogP contribution >= 0.6 is 11.8 Å². The molecule has 0 fully saturated rings. The molecule has 1 aliphatic rings. The highest BCUT2D eigenvalue weighted by Gasteiger charge is 2.10. The molecule has 2 heteroatoms. The summed E-state index contributed by atoms with van der Waals surface area (Å²) in [6, 6.07) is 7.73. The number of hydrogen-bond acceptors (Lipinski definition) is 2. The predicted octanol–water partition coefficient (Wildman–Crippen LogP) is 4.05. The minimum absolute atomic E-state index is 0.662. The molecular formula is C16H25NS. The average molecular weight is 263 g/mol. The van der Waals surface area contributed by atoms with Crippen molar-refractivity contribution in [2.24, 2.45) is 0 Å². The maximum Gasteiger partial charge on any atom is 0.00748 e. The molecule has 0 aromatic heterocycles. The van der Waals surface area contributed by atoms with E-state index in [4.69, 9.17) is 0 Å². The molecule has 0 aliphatic heterocycles. The zero-order valence-corrected chi connectivity index (χ0v) is 12.5. The monoisotopic (exact) mass is 263 g/mol. The minimum atomic E-state index is 0.662. The van der Waals surface area contributed by atoms with Gasteiger partial charge in [0, 0.05) is 10.9 Å². The number of rotatable bonds is 7. The van der Waals surface area contributed by atoms with E-state index in [0.717, 1.165) is 0 Å². The van der Waals surface area contributed by atoms with E-state index in [2.05, 4.69) is 30.4 Å². The number of hydrogen-bond donors (Lipinski definition) is 1. The Balaban J connectivity index is 1.68. The van der Waals surface area contributed by atoms with Crippen molar-refractivity contribution in [2.75, 3.05) is 12.8 Å². The number of fused-ring (bicyclic) bond motifs is 1. The third-order valence-electron chi connectivity index (χ3n) is 3.86. The van der Waals surface area contributed by atoms with Crippen molar-refractivity contribution in [2.45, 2.75) is 56.4 Å². The molecule has 0 bridgehead atoms. The smallest absolute Gasteiger partial charge is 0.00748 e. The molecule has 0 saturated carbocycles. The van der Waals surface area contributed by atoms with E-state index < -0.39 is 0 Å². The number of aryl methyl sites for hydroxylation is 2. The van der Waals surface area contributed by atoms with Crippen LogP contribution in [0.15, 0.2) is 23.1 Å². The molecule has 1 aromatic rings. The van der Waals surface area contributed by atoms with Gasteiger partial charge in [-0.05, 0) is 75.1 Å². The first-order valence-corrected chi connectivity index (χ1v) is 8.20. The van der Waals surface area contributed by atoms with Gasteiger partial charge in [0.05, 0.1) is 0 Å². The molecule has 2 rings (SSSR count). The lowest BCUT2D eigenvalue weighted by molar-refractivity contribution is 0.539. The van der Waals surface area contributed by atoms with Crippen LogP contribution < -0.4 is 5.32 Å². The summed E-state index contributed by atoms with van der Waals surface area (Å²) in [5, 5.41) is 3.29. The Kier molecular flexibility index (Phi) is 5.58. The topological polar surface area (TPSA) is 12.0 Å². The first kappa shape index (κ1) is 14.0. The highest BCUT2D eigenvalue weighted by atomic mass is 32.2. The third kappa shape index (κ3) is 4.03. The van der Waals surface area contributed by atoms with Gasteiger partial charge in [-0.3, -0.25) is 0 Å². The quantitative estimate of drug-likeness (QED) is 0.588. The van der Waals surface area contributed by atoms with Crippen molar-refractivity contribution < 1.29 is 0 Å². The van der Waals surface area contributed by atoms with Gasteiger partial charge in [0.15, 0.2) is 0 Å². The molecule has 1 atom stereocenters. The third-order valence-corrected chi connectivity index (χ3v) is 4.94. The first-order chi connectivity index (χ1) is 8.79. The Morgan fingerprint density at radius 3 is 2.89 bits per heavy atom. The highest BCUT2D eigenvalue weighted by Crippen LogP contribution is 2.28. The van der Waals surface area contributed by atoms with Crippen LogP contribution in [0.1, 0.15) is 43.7 Å². The van der Waals surface area contributed by atoms with Gasteiger partial charge in [-0.2, -0.15) is 0 Å². The predicted molar refractivity (Wildman–Crippen MR) is 81.6 cm³/mol. The van der Waals surface area contributed by atoms with Gasteiger partial charge in [-0.1, -0.05) is 12.5 Å². The molecule has 1 N–H and O–H groups in total. The standard InChI is InChI=1S/C16H25NS/c1-13(17-2)6-3-4-11-18-16-10-9-14-7-5-8-15(14)12-16/h9-10,12-13,17H,3-8,11H2,1-2H3. The summed E-state index contributed by atoms with van der Waals surface area (Å²) < 4.78 is 0. The van der Waals surface area contributed by atoms with Gasteiger partial charge < -0.3 is 5.32 Å². The molecule has 1 nitrogen and oxygen atoms in total. The van der Waals surface area contributed by atoms with Crippen molar-refractivity contribution in [1.29, 1.82) is 0 Å². The molecule has 1 aliphatic carbocycles. The fraction of sp³-hybridized carbons (Fsp3) is 0.625. The normalized spacial score (nSPS) is 15.7. The van der Waals surface area contributed by atoms with Crippen molar-refractivity contribution in [3.8, 4) is 0 Å². The van der Waals surface area contributed by atoms with Crippen molar-refractivity contribution >= 4 is 11.8 Å². The van der Waals surface area contributed by atoms with E-state index in [1.165, 1.54) is 49.2 Å². The van der Waals surface area contributed by atoms with E-state index in [1.54, 1.807) is 11.1 Å². The molecule has 1 unspecified atom stereocenters. The highest BCUT2D eigenvalue weighted by molar-refractivity contribution is 7.99. The molecule has 0 heterocycles. The van der Waals surface area contributed by atoms with Crippen LogP contribution in [-0.2, 0) is 12.8 Å². The van der Waals surface area contributed by atoms with E-state index in [1.807, 2.05) is 18.8 Å². The number of unbranched alkanes of at least 4 members (excludes halogenated alkanes) is 1. The van der Waals surface area contributed by atoms with Crippen LogP contribution in [0.2, 0.25) is 0 Å². The molecule has 1 aromatic carbocycles. The van der Waals surface area contributed by atoms with E-state index in [9.17, 15) is 0 Å². The van der Waals surface area contributed by atoms with Crippen LogP contribution in [0.5, 0.6) is 0 Å². The van der Waals surface area contributed by atoms with Crippen LogP contribution in [-0.4, -0.2) is 18.8 Å². The van der Waals surface area contributed by atoms with E-state index >= 15 is 0 Å². The molecule has 0 spiro atoms. The Labute approximate surface area is 116 Å². The van der Waals surface area contributed by atoms with Crippen molar-refractivity contribution in [3.05, 3.63) is 29.3 Å². The summed E-state index contributed by atoms with van der Waals surface area (Å²) in [5.74, 6) is 1.26. The molecule has 0 radical (unpaired) electrons. The molecule has 18 heavy (non-hydrogen) atoms. The van der Waals surface area contributed by atoms with E-state index in [0.29, 0.717) is 6.04 Å². The zero-order chi connectivity index (χ0) is 12.8. The Morgan fingerprint density at radius 2 is 2.06 bits per heavy atom. The fourth-order valence-electron chi connectivity index (χ4n) is 2.52. The lowest BCUT2D eigenvalue weighted by Gasteiger charge is -2.09. The zero-order valence-electron chi connectivity index (χ0n) is 11.7. The SMILES string of the molecule is CNC(C)CCCCSc1ccc2c(c1)CCC2. The van der Waals surface area contributed by atoms with Gasteiger partial charge in [0.2, 0.25) is 0 Å². The maximum absolute atomic E-state index is 3.29. The molecule has 0 amide bonds. The minimum Gasteiger partial charge on any atom is -0.317 e. The average Bonchev–Trinajstić information content (AvgIpc) is 2.85. The van der Waals surface area contributed by atoms with Gasteiger partial charge in [-0.25, -0.2) is 0 Å². The van der Waals surface area contributed by atoms with Crippen molar-refractivity contribution in [3.63, 3.8) is 0 Å². The van der Waals surface area contributed by atoms with Crippen LogP contribution in [0, 0.1) is 0 Å². The van der Waals surface area contributed by atoms with Gasteiger partial charge >= 0.3 is 0 Å². The van der Waals surface area contributed by atoms with Crippen LogP contribution in [0.4, 0.5) is 0 Å². The summed E-state index contributed by atoms with van der Waals surface area (Å²) in [4.78, 5) is 1.47. The maximum atomic E-state index is 3.29. The fourth-order valence-corrected chi connectivity index (χ4v) is 3.50. The largest absolute Gasteiger partial charge is 0.317 e. The van der Waals surface area contributed by atoms with Gasteiger partial charge in [-0.15, -0.1) is 11.8 Å². The summed E-state index contributed by atoms with van der Waals surface area (Å²) in [6.45, 7) is 2.26. The molecular weight excluding hydrogens is 238 g/mol. The summed E-state index contributed by atoms with van der Waals surface area (Å²) in [5.41, 5.74) is 3.19. The Morgan fingerprint density at radius 1 is 1.22 bits per heavy atom. The number of nitrogens with one attached hydrogen (secondary N) is 1. The van der Waals surface area contributed by atoms with Crippen LogP contribution in [0.25, 0.3) is 0 Å². The number of thioether (sulfide) groups is 1. The van der Waals surface area contributed by atoms with Gasteiger partial charge in [0.1, 0.15) is 0 Å². The lowest BCUT2D eigenvalue weighted by Crippen LogP contribution is -2.20. The number of benzene rings is 1. The summed E-state index contributed by atoms with van der Waals surface area (Å²) in [7, 11) is 2.05. The van der Waals surface area contributed by atoms with E-state index in [-0.39, 0.29) is 0 Å². The lowest BCUT2D eigenvalue weighted by atomic mass is 10.1. The first-order valence-electron chi connectivity index (χ1n) is 7.21. The van der Waals surface area contributed by atoms with Crippen molar-refractivity contribution in [1.82, 2.24) is 5.32 Å². The summed E-state index contributed by atoms with van der Waals surface area (Å²) in [6.07, 6.45) is 7.89. The second-order valence-electron chi connectivity index (χ2n) is 5.32. The second kappa shape index (κ2) is 7.20. The molecule has 100 valence electrons. The Bertz CT molecular complexity index is 375. The molecule has 0 saturated heterocycles.